The van der Waals surface area contributed by atoms with E-state index < -0.39 is 6.04 Å². The first-order valence-electron chi connectivity index (χ1n) is 5.20. The van der Waals surface area contributed by atoms with Crippen LogP contribution in [0.1, 0.15) is 25.1 Å². The maximum Gasteiger partial charge on any atom is 0.237 e. The molecule has 1 rings (SSSR count). The molecule has 0 bridgehead atoms. The Labute approximate surface area is 94.7 Å². The Balaban J connectivity index is 2.36. The van der Waals surface area contributed by atoms with E-state index in [9.17, 15) is 4.79 Å². The van der Waals surface area contributed by atoms with E-state index in [-0.39, 0.29) is 11.8 Å². The summed E-state index contributed by atoms with van der Waals surface area (Å²) in [5, 5.41) is 4.84. The molecule has 1 amide bonds. The number of nitrogens with two attached hydrogens (primary N) is 1. The summed E-state index contributed by atoms with van der Waals surface area (Å²) in [5.74, 6) is 0.172. The molecule has 0 spiro atoms. The summed E-state index contributed by atoms with van der Waals surface area (Å²) in [5.41, 5.74) is 5.80. The van der Waals surface area contributed by atoms with Crippen molar-refractivity contribution in [2.45, 2.75) is 32.9 Å². The fourth-order valence-corrected chi connectivity index (χ4v) is 1.86. The van der Waals surface area contributed by atoms with Crippen molar-refractivity contribution >= 4 is 17.2 Å². The minimum Gasteiger partial charge on any atom is -0.350 e. The number of carbonyl (C=O) groups excluding carboxylic acids is 1. The van der Waals surface area contributed by atoms with E-state index in [4.69, 9.17) is 5.73 Å². The Morgan fingerprint density at radius 3 is 2.93 bits per heavy atom. The second-order valence-electron chi connectivity index (χ2n) is 3.71. The summed E-state index contributed by atoms with van der Waals surface area (Å²) in [7, 11) is 0. The minimum absolute atomic E-state index is 0.0576. The van der Waals surface area contributed by atoms with E-state index in [1.165, 1.54) is 0 Å². The van der Waals surface area contributed by atoms with E-state index in [0.717, 1.165) is 11.3 Å². The van der Waals surface area contributed by atoms with Crippen molar-refractivity contribution in [1.82, 2.24) is 5.32 Å². The molecule has 84 valence electrons. The second kappa shape index (κ2) is 5.88. The minimum atomic E-state index is -0.394. The quantitative estimate of drug-likeness (QED) is 0.803. The van der Waals surface area contributed by atoms with Crippen LogP contribution in [0.3, 0.4) is 0 Å². The number of hydrogen-bond acceptors (Lipinski definition) is 3. The number of amides is 1. The zero-order valence-corrected chi connectivity index (χ0v) is 10.0. The zero-order chi connectivity index (χ0) is 11.3. The highest BCUT2D eigenvalue weighted by Crippen LogP contribution is 2.09. The topological polar surface area (TPSA) is 55.1 Å². The van der Waals surface area contributed by atoms with E-state index >= 15 is 0 Å². The van der Waals surface area contributed by atoms with Gasteiger partial charge in [0.15, 0.2) is 0 Å². The fraction of sp³-hybridized carbons (Fsp3) is 0.545. The molecule has 0 saturated carbocycles. The molecule has 0 aromatic carbocycles. The van der Waals surface area contributed by atoms with Crippen LogP contribution in [0.15, 0.2) is 17.5 Å². The second-order valence-corrected chi connectivity index (χ2v) is 4.74. The third-order valence-electron chi connectivity index (χ3n) is 2.58. The van der Waals surface area contributed by atoms with E-state index in [2.05, 4.69) is 5.32 Å². The average Bonchev–Trinajstić information content (AvgIpc) is 2.76. The van der Waals surface area contributed by atoms with Gasteiger partial charge in [0.2, 0.25) is 5.91 Å². The van der Waals surface area contributed by atoms with Crippen LogP contribution in [0.2, 0.25) is 0 Å². The largest absolute Gasteiger partial charge is 0.350 e. The standard InChI is InChI=1S/C11H18N2OS/c1-3-8(2)10(12)11(14)13-7-9-5-4-6-15-9/h4-6,8,10H,3,7,12H2,1-2H3,(H,13,14). The maximum absolute atomic E-state index is 11.6. The molecule has 0 aliphatic carbocycles. The lowest BCUT2D eigenvalue weighted by Gasteiger charge is -2.17. The van der Waals surface area contributed by atoms with Gasteiger partial charge in [0.05, 0.1) is 12.6 Å². The Bertz CT molecular complexity index is 298. The van der Waals surface area contributed by atoms with Crippen molar-refractivity contribution in [3.63, 3.8) is 0 Å². The number of thiophene rings is 1. The van der Waals surface area contributed by atoms with Gasteiger partial charge in [-0.2, -0.15) is 0 Å². The smallest absolute Gasteiger partial charge is 0.237 e. The Hall–Kier alpha value is -0.870. The van der Waals surface area contributed by atoms with Crippen molar-refractivity contribution in [2.24, 2.45) is 11.7 Å². The molecule has 15 heavy (non-hydrogen) atoms. The van der Waals surface area contributed by atoms with E-state index in [0.29, 0.717) is 6.54 Å². The number of rotatable bonds is 5. The monoisotopic (exact) mass is 226 g/mol. The van der Waals surface area contributed by atoms with Crippen LogP contribution < -0.4 is 11.1 Å². The molecular formula is C11H18N2OS. The van der Waals surface area contributed by atoms with Gasteiger partial charge in [0.1, 0.15) is 0 Å². The highest BCUT2D eigenvalue weighted by atomic mass is 32.1. The SMILES string of the molecule is CCC(C)C(N)C(=O)NCc1cccs1. The van der Waals surface area contributed by atoms with Crippen LogP contribution >= 0.6 is 11.3 Å². The van der Waals surface area contributed by atoms with Gasteiger partial charge >= 0.3 is 0 Å². The van der Waals surface area contributed by atoms with Gasteiger partial charge in [0, 0.05) is 4.88 Å². The Morgan fingerprint density at radius 2 is 2.40 bits per heavy atom. The first kappa shape index (κ1) is 12.2. The number of nitrogens with one attached hydrogen (secondary N) is 1. The normalized spacial score (nSPS) is 14.6. The van der Waals surface area contributed by atoms with E-state index in [1.54, 1.807) is 11.3 Å². The van der Waals surface area contributed by atoms with Crippen LogP contribution in [0, 0.1) is 5.92 Å². The average molecular weight is 226 g/mol. The summed E-state index contributed by atoms with van der Waals surface area (Å²) >= 11 is 1.64. The van der Waals surface area contributed by atoms with Crippen molar-refractivity contribution in [3.8, 4) is 0 Å². The van der Waals surface area contributed by atoms with E-state index in [1.807, 2.05) is 31.4 Å². The number of carbonyl (C=O) groups is 1. The molecule has 1 aromatic rings. The van der Waals surface area contributed by atoms with Gasteiger partial charge in [-0.05, 0) is 17.4 Å². The van der Waals surface area contributed by atoms with Crippen molar-refractivity contribution in [1.29, 1.82) is 0 Å². The molecule has 0 fully saturated rings. The molecule has 0 radical (unpaired) electrons. The van der Waals surface area contributed by atoms with Gasteiger partial charge in [-0.15, -0.1) is 11.3 Å². The van der Waals surface area contributed by atoms with Crippen LogP contribution in [0.5, 0.6) is 0 Å². The third-order valence-corrected chi connectivity index (χ3v) is 3.45. The van der Waals surface area contributed by atoms with Gasteiger partial charge in [-0.25, -0.2) is 0 Å². The molecule has 4 heteroatoms. The lowest BCUT2D eigenvalue weighted by molar-refractivity contribution is -0.123. The zero-order valence-electron chi connectivity index (χ0n) is 9.19. The maximum atomic E-state index is 11.6. The van der Waals surface area contributed by atoms with Crippen molar-refractivity contribution in [3.05, 3.63) is 22.4 Å². The molecule has 0 aliphatic heterocycles. The van der Waals surface area contributed by atoms with Gasteiger partial charge in [0.25, 0.3) is 0 Å². The summed E-state index contributed by atoms with van der Waals surface area (Å²) in [6.45, 7) is 4.62. The Kier molecular flexibility index (Phi) is 4.78. The van der Waals surface area contributed by atoms with Gasteiger partial charge in [-0.1, -0.05) is 26.3 Å². The highest BCUT2D eigenvalue weighted by molar-refractivity contribution is 7.09. The van der Waals surface area contributed by atoms with Gasteiger partial charge in [-0.3, -0.25) is 4.79 Å². The highest BCUT2D eigenvalue weighted by Gasteiger charge is 2.18. The van der Waals surface area contributed by atoms with Crippen molar-refractivity contribution < 1.29 is 4.79 Å². The summed E-state index contributed by atoms with van der Waals surface area (Å²) < 4.78 is 0. The lowest BCUT2D eigenvalue weighted by Crippen LogP contribution is -2.44. The molecule has 2 unspecified atom stereocenters. The summed E-state index contributed by atoms with van der Waals surface area (Å²) in [6, 6.07) is 3.58. The first-order valence-corrected chi connectivity index (χ1v) is 6.08. The molecule has 0 saturated heterocycles. The van der Waals surface area contributed by atoms with Crippen LogP contribution in [0.4, 0.5) is 0 Å². The molecule has 3 nitrogen and oxygen atoms in total. The predicted octanol–water partition coefficient (Wildman–Crippen LogP) is 1.74. The van der Waals surface area contributed by atoms with Crippen molar-refractivity contribution in [2.75, 3.05) is 0 Å². The van der Waals surface area contributed by atoms with Crippen LogP contribution in [0.25, 0.3) is 0 Å². The fourth-order valence-electron chi connectivity index (χ4n) is 1.22. The molecule has 2 atom stereocenters. The molecule has 1 aromatic heterocycles. The summed E-state index contributed by atoms with van der Waals surface area (Å²) in [4.78, 5) is 12.8. The van der Waals surface area contributed by atoms with Crippen LogP contribution in [-0.2, 0) is 11.3 Å². The Morgan fingerprint density at radius 1 is 1.67 bits per heavy atom. The molecular weight excluding hydrogens is 208 g/mol. The third kappa shape index (κ3) is 3.64. The molecule has 1 heterocycles. The lowest BCUT2D eigenvalue weighted by atomic mass is 9.99. The van der Waals surface area contributed by atoms with Crippen LogP contribution in [-0.4, -0.2) is 11.9 Å². The molecule has 3 N–H and O–H groups in total. The predicted molar refractivity (Wildman–Crippen MR) is 63.6 cm³/mol. The molecule has 0 aliphatic rings. The first-order chi connectivity index (χ1) is 7.15. The van der Waals surface area contributed by atoms with Gasteiger partial charge < -0.3 is 11.1 Å². The number of hydrogen-bond donors (Lipinski definition) is 2. The summed E-state index contributed by atoms with van der Waals surface area (Å²) in [6.07, 6.45) is 0.924.